The Kier molecular flexibility index (Phi) is 17.9. The van der Waals surface area contributed by atoms with E-state index in [9.17, 15) is 0 Å². The van der Waals surface area contributed by atoms with Crippen LogP contribution in [0.5, 0.6) is 0 Å². The van der Waals surface area contributed by atoms with E-state index >= 15 is 0 Å². The van der Waals surface area contributed by atoms with Crippen LogP contribution in [0.4, 0.5) is 5.69 Å². The Morgan fingerprint density at radius 1 is 0.818 bits per heavy atom. The minimum absolute atomic E-state index is 0. The molecule has 2 rings (SSSR count). The summed E-state index contributed by atoms with van der Waals surface area (Å²) in [6.07, 6.45) is 0. The van der Waals surface area contributed by atoms with Gasteiger partial charge in [0.15, 0.2) is 0 Å². The summed E-state index contributed by atoms with van der Waals surface area (Å²) in [5.74, 6) is 0. The molecule has 0 spiro atoms. The zero-order valence-corrected chi connectivity index (χ0v) is 24.5. The van der Waals surface area contributed by atoms with Crippen LogP contribution in [0.15, 0.2) is 48.5 Å². The number of anilines is 1. The molecule has 33 heavy (non-hydrogen) atoms. The topological polar surface area (TPSA) is 66.4 Å². The molecule has 0 radical (unpaired) electrons. The van der Waals surface area contributed by atoms with Crippen molar-refractivity contribution in [1.82, 2.24) is 0 Å². The molecule has 2 aromatic rings. The van der Waals surface area contributed by atoms with Gasteiger partial charge in [0.25, 0.3) is 0 Å². The molecule has 0 aliphatic heterocycles. The Morgan fingerprint density at radius 3 is 1.52 bits per heavy atom. The molecule has 2 N–H and O–H groups in total. The minimum Gasteiger partial charge on any atom is -0.439 e. The molecule has 0 atom stereocenters. The van der Waals surface area contributed by atoms with Crippen molar-refractivity contribution in [2.24, 2.45) is 0 Å². The first-order valence-electron chi connectivity index (χ1n) is 10.4. The first-order valence-corrected chi connectivity index (χ1v) is 13.0. The molecule has 0 unspecified atom stereocenters. The van der Waals surface area contributed by atoms with Gasteiger partial charge in [0, 0.05) is 26.0 Å². The molecule has 0 amide bonds. The number of nitrogens with one attached hydrogen (secondary N) is 1. The fourth-order valence-electron chi connectivity index (χ4n) is 4.87. The third-order valence-electron chi connectivity index (χ3n) is 4.45. The SMILES string of the molecule is C.CC(C)(C)[PH+](C(C)(C)C)C(C)(C)C.CNc1ccccc1-c1[c-]cccc1.O=[S-](=O)O.[Pd+2]. The van der Waals surface area contributed by atoms with Gasteiger partial charge in [0.05, 0.1) is 15.5 Å². The first kappa shape index (κ1) is 36.8. The van der Waals surface area contributed by atoms with Crippen LogP contribution < -0.4 is 5.32 Å². The van der Waals surface area contributed by atoms with Crippen LogP contribution in [0.3, 0.4) is 0 Å². The quantitative estimate of drug-likeness (QED) is 0.0927. The maximum atomic E-state index is 8.56. The Hall–Kier alpha value is -0.758. The van der Waals surface area contributed by atoms with Crippen LogP contribution >= 0.6 is 7.92 Å². The predicted octanol–water partition coefficient (Wildman–Crippen LogP) is 8.19. The van der Waals surface area contributed by atoms with Gasteiger partial charge in [-0.15, -0.1) is 35.9 Å². The van der Waals surface area contributed by atoms with E-state index in [0.29, 0.717) is 15.5 Å². The van der Waals surface area contributed by atoms with Crippen molar-refractivity contribution in [1.29, 1.82) is 0 Å². The average Bonchev–Trinajstić information content (AvgIpc) is 2.58. The number of para-hydroxylation sites is 1. The molecule has 0 saturated carbocycles. The summed E-state index contributed by atoms with van der Waals surface area (Å²) in [5, 5.41) is 4.64. The fourth-order valence-corrected chi connectivity index (χ4v) is 11.6. The van der Waals surface area contributed by atoms with Crippen molar-refractivity contribution >= 4 is 24.6 Å². The maximum absolute atomic E-state index is 8.56. The van der Waals surface area contributed by atoms with Gasteiger partial charge in [0.1, 0.15) is 0 Å². The van der Waals surface area contributed by atoms with E-state index in [4.69, 9.17) is 13.0 Å². The van der Waals surface area contributed by atoms with Gasteiger partial charge >= 0.3 is 20.4 Å². The Balaban J connectivity index is -0.000000448. The summed E-state index contributed by atoms with van der Waals surface area (Å²) in [6, 6.07) is 19.4. The van der Waals surface area contributed by atoms with Crippen molar-refractivity contribution < 1.29 is 33.4 Å². The smallest absolute Gasteiger partial charge is 0.439 e. The van der Waals surface area contributed by atoms with E-state index in [2.05, 4.69) is 91.9 Å². The second kappa shape index (κ2) is 16.0. The van der Waals surface area contributed by atoms with Gasteiger partial charge in [-0.25, -0.2) is 0 Å². The molecule has 7 heteroatoms. The van der Waals surface area contributed by atoms with Crippen LogP contribution in [-0.4, -0.2) is 27.1 Å². The van der Waals surface area contributed by atoms with Crippen LogP contribution in [0.1, 0.15) is 69.7 Å². The molecule has 0 aliphatic rings. The van der Waals surface area contributed by atoms with Gasteiger partial charge in [-0.3, -0.25) is 0 Å². The minimum atomic E-state index is -2.86. The molecule has 0 bridgehead atoms. The van der Waals surface area contributed by atoms with Crippen LogP contribution in [0.2, 0.25) is 0 Å². The largest absolute Gasteiger partial charge is 2.00 e. The predicted molar refractivity (Wildman–Crippen MR) is 146 cm³/mol. The third kappa shape index (κ3) is 15.0. The van der Waals surface area contributed by atoms with Crippen molar-refractivity contribution in [3.05, 3.63) is 54.6 Å². The van der Waals surface area contributed by atoms with E-state index in [1.165, 1.54) is 5.56 Å². The molecule has 0 fully saturated rings. The first-order chi connectivity index (χ1) is 14.0. The fraction of sp³-hybridized carbons (Fsp3) is 0.538. The van der Waals surface area contributed by atoms with Gasteiger partial charge in [-0.05, 0) is 74.1 Å². The number of hydrogen-bond acceptors (Lipinski definition) is 4. The summed E-state index contributed by atoms with van der Waals surface area (Å²) in [4.78, 5) is 0. The molecule has 2 aromatic carbocycles. The summed E-state index contributed by atoms with van der Waals surface area (Å²) >= 11 is 0. The molecule has 4 nitrogen and oxygen atoms in total. The molecule has 0 aromatic heterocycles. The third-order valence-corrected chi connectivity index (χ3v) is 8.95. The van der Waals surface area contributed by atoms with Crippen LogP contribution in [0.25, 0.3) is 11.1 Å². The van der Waals surface area contributed by atoms with Crippen molar-refractivity contribution in [3.63, 3.8) is 0 Å². The average molecular weight is 589 g/mol. The summed E-state index contributed by atoms with van der Waals surface area (Å²) in [6.45, 7) is 21.6. The van der Waals surface area contributed by atoms with Crippen molar-refractivity contribution in [2.75, 3.05) is 12.4 Å². The van der Waals surface area contributed by atoms with E-state index in [0.717, 1.165) is 11.3 Å². The molecular weight excluding hydrogens is 544 g/mol. The van der Waals surface area contributed by atoms with Gasteiger partial charge < -0.3 is 18.3 Å². The van der Waals surface area contributed by atoms with E-state index in [1.807, 2.05) is 37.4 Å². The van der Waals surface area contributed by atoms with Gasteiger partial charge in [0.2, 0.25) is 0 Å². The van der Waals surface area contributed by atoms with Crippen LogP contribution in [-0.2, 0) is 39.8 Å². The van der Waals surface area contributed by atoms with Crippen LogP contribution in [0, 0.1) is 6.07 Å². The van der Waals surface area contributed by atoms with Crippen molar-refractivity contribution in [2.45, 2.75) is 85.2 Å². The normalized spacial score (nSPS) is 11.2. The summed E-state index contributed by atoms with van der Waals surface area (Å²) in [7, 11) is -1.32. The van der Waals surface area contributed by atoms with E-state index in [-0.39, 0.29) is 27.8 Å². The standard InChI is InChI=1S/C13H12N.C12H27P.CH4.HO3S.Pd/c1-14-13-10-6-5-9-12(13)11-7-3-2-4-8-11;1-10(2,3)13(11(4,5)6)12(7,8)9;;1-4(2)3;/h2-7,9-10,14H,1H3;1-9H3;1H4;(H,1,2,3);/q-1;;;-1;+2/p+1. The van der Waals surface area contributed by atoms with E-state index in [1.54, 1.807) is 0 Å². The Morgan fingerprint density at radius 2 is 1.21 bits per heavy atom. The van der Waals surface area contributed by atoms with Gasteiger partial charge in [-0.1, -0.05) is 31.2 Å². The second-order valence-corrected chi connectivity index (χ2v) is 16.1. The van der Waals surface area contributed by atoms with Gasteiger partial charge in [-0.2, -0.15) is 0 Å². The monoisotopic (exact) mass is 588 g/mol. The Bertz CT molecular complexity index is 811. The molecule has 0 aliphatic carbocycles. The Labute approximate surface area is 220 Å². The summed E-state index contributed by atoms with van der Waals surface area (Å²) in [5.41, 5.74) is 3.45. The number of rotatable bonds is 2. The summed E-state index contributed by atoms with van der Waals surface area (Å²) < 4.78 is 24.1. The molecule has 192 valence electrons. The molecule has 0 saturated heterocycles. The zero-order valence-electron chi connectivity index (χ0n) is 21.1. The number of benzene rings is 2. The maximum Gasteiger partial charge on any atom is 2.00 e. The molecule has 0 heterocycles. The zero-order chi connectivity index (χ0) is 24.5. The molecular formula is C26H45NO3PPdS+. The van der Waals surface area contributed by atoms with Crippen molar-refractivity contribution in [3.8, 4) is 11.1 Å². The number of hydrogen-bond donors (Lipinski definition) is 2. The van der Waals surface area contributed by atoms with E-state index < -0.39 is 18.9 Å². The second-order valence-electron chi connectivity index (χ2n) is 10.4.